The number of carbonyl (C=O) groups is 1. The number of benzene rings is 4. The minimum absolute atomic E-state index is 0.0475. The lowest BCUT2D eigenvalue weighted by Gasteiger charge is -2.20. The van der Waals surface area contributed by atoms with Crippen LogP contribution in [0, 0.1) is 6.92 Å². The van der Waals surface area contributed by atoms with Crippen LogP contribution in [0.25, 0.3) is 0 Å². The fourth-order valence-corrected chi connectivity index (χ4v) is 5.94. The Hall–Kier alpha value is -3.86. The van der Waals surface area contributed by atoms with Crippen LogP contribution in [0.4, 0.5) is 17.1 Å². The summed E-state index contributed by atoms with van der Waals surface area (Å²) in [5.74, 6) is -0.437. The zero-order chi connectivity index (χ0) is 27.5. The summed E-state index contributed by atoms with van der Waals surface area (Å²) in [7, 11) is -6.19. The average molecular weight is 570 g/mol. The smallest absolute Gasteiger partial charge is 0.264 e. The van der Waals surface area contributed by atoms with Crippen molar-refractivity contribution in [3.05, 3.63) is 113 Å². The van der Waals surface area contributed by atoms with E-state index in [1.165, 1.54) is 79.8 Å². The topological polar surface area (TPSA) is 113 Å². The number of rotatable bonds is 8. The maximum Gasteiger partial charge on any atom is 0.264 e. The third kappa shape index (κ3) is 6.16. The Labute approximate surface area is 227 Å². The summed E-state index contributed by atoms with van der Waals surface area (Å²) in [5.41, 5.74) is 2.44. The van der Waals surface area contributed by atoms with Crippen LogP contribution in [-0.4, -0.2) is 29.8 Å². The molecule has 0 radical (unpaired) electrons. The molecule has 4 aromatic carbocycles. The van der Waals surface area contributed by atoms with E-state index in [-0.39, 0.29) is 9.79 Å². The quantitative estimate of drug-likeness (QED) is 0.290. The number of anilines is 3. The van der Waals surface area contributed by atoms with Crippen LogP contribution < -0.4 is 14.3 Å². The van der Waals surface area contributed by atoms with Gasteiger partial charge in [0.2, 0.25) is 0 Å². The van der Waals surface area contributed by atoms with Crippen molar-refractivity contribution in [2.75, 3.05) is 21.4 Å². The van der Waals surface area contributed by atoms with E-state index in [4.69, 9.17) is 11.6 Å². The van der Waals surface area contributed by atoms with Crippen LogP contribution in [-0.2, 0) is 20.0 Å². The number of carbonyl (C=O) groups excluding carboxylic acids is 1. The van der Waals surface area contributed by atoms with Crippen LogP contribution in [0.5, 0.6) is 0 Å². The van der Waals surface area contributed by atoms with Gasteiger partial charge in [-0.05, 0) is 97.4 Å². The Morgan fingerprint density at radius 2 is 1.37 bits per heavy atom. The van der Waals surface area contributed by atoms with Gasteiger partial charge in [-0.3, -0.25) is 13.8 Å². The van der Waals surface area contributed by atoms with Crippen LogP contribution in [0.15, 0.2) is 107 Å². The molecule has 0 unspecified atom stereocenters. The maximum absolute atomic E-state index is 12.9. The van der Waals surface area contributed by atoms with Gasteiger partial charge in [0.15, 0.2) is 0 Å². The van der Waals surface area contributed by atoms with Gasteiger partial charge in [0.1, 0.15) is 0 Å². The highest BCUT2D eigenvalue weighted by Crippen LogP contribution is 2.24. The molecule has 0 atom stereocenters. The fraction of sp³-hybridized carbons (Fsp3) is 0.0741. The summed E-state index contributed by atoms with van der Waals surface area (Å²) in [6.07, 6.45) is 0. The molecule has 0 saturated carbocycles. The third-order valence-corrected chi connectivity index (χ3v) is 9.11. The lowest BCUT2D eigenvalue weighted by atomic mass is 10.2. The van der Waals surface area contributed by atoms with Crippen LogP contribution in [0.3, 0.4) is 0 Å². The highest BCUT2D eigenvalue weighted by molar-refractivity contribution is 7.93. The molecule has 0 bridgehead atoms. The fourth-order valence-electron chi connectivity index (χ4n) is 3.57. The number of hydrogen-bond acceptors (Lipinski definition) is 5. The van der Waals surface area contributed by atoms with Gasteiger partial charge < -0.3 is 5.32 Å². The molecule has 0 saturated heterocycles. The zero-order valence-electron chi connectivity index (χ0n) is 20.4. The van der Waals surface area contributed by atoms with E-state index in [1.54, 1.807) is 18.2 Å². The van der Waals surface area contributed by atoms with Crippen molar-refractivity contribution in [2.24, 2.45) is 0 Å². The Balaban J connectivity index is 1.43. The third-order valence-electron chi connectivity index (χ3n) is 5.66. The molecule has 196 valence electrons. The van der Waals surface area contributed by atoms with Gasteiger partial charge in [-0.15, -0.1) is 0 Å². The molecule has 2 N–H and O–H groups in total. The van der Waals surface area contributed by atoms with Crippen LogP contribution in [0.2, 0.25) is 5.02 Å². The molecule has 4 aromatic rings. The molecule has 0 fully saturated rings. The molecule has 0 heterocycles. The first-order valence-corrected chi connectivity index (χ1v) is 14.6. The Kier molecular flexibility index (Phi) is 7.77. The number of halogens is 1. The van der Waals surface area contributed by atoms with E-state index < -0.39 is 26.0 Å². The van der Waals surface area contributed by atoms with Crippen molar-refractivity contribution in [1.82, 2.24) is 0 Å². The van der Waals surface area contributed by atoms with Crippen LogP contribution in [0.1, 0.15) is 15.9 Å². The highest BCUT2D eigenvalue weighted by Gasteiger charge is 2.21. The summed E-state index contributed by atoms with van der Waals surface area (Å²) in [5, 5.41) is 3.13. The number of aryl methyl sites for hydroxylation is 1. The largest absolute Gasteiger partial charge is 0.322 e. The number of amides is 1. The summed E-state index contributed by atoms with van der Waals surface area (Å²) < 4.78 is 54.8. The van der Waals surface area contributed by atoms with E-state index in [0.717, 1.165) is 9.87 Å². The summed E-state index contributed by atoms with van der Waals surface area (Å²) in [6, 6.07) is 24.7. The van der Waals surface area contributed by atoms with Gasteiger partial charge in [-0.2, -0.15) is 0 Å². The molecule has 4 rings (SSSR count). The van der Waals surface area contributed by atoms with Crippen molar-refractivity contribution in [2.45, 2.75) is 16.7 Å². The van der Waals surface area contributed by atoms with E-state index >= 15 is 0 Å². The lowest BCUT2D eigenvalue weighted by Crippen LogP contribution is -2.26. The predicted octanol–water partition coefficient (Wildman–Crippen LogP) is 5.53. The van der Waals surface area contributed by atoms with Crippen LogP contribution >= 0.6 is 11.6 Å². The first-order valence-electron chi connectivity index (χ1n) is 11.3. The molecular weight excluding hydrogens is 546 g/mol. The normalized spacial score (nSPS) is 11.6. The molecule has 0 aliphatic heterocycles. The highest BCUT2D eigenvalue weighted by atomic mass is 35.5. The van der Waals surface area contributed by atoms with Gasteiger partial charge >= 0.3 is 0 Å². The SMILES string of the molecule is Cc1cccc(NS(=O)(=O)c2ccc(NC(=O)c3ccc(N(C)S(=O)(=O)c4ccc(Cl)cc4)cc3)cc2)c1. The zero-order valence-corrected chi connectivity index (χ0v) is 22.8. The standard InChI is InChI=1S/C27H24ClN3O5S2/c1-19-4-3-5-23(18-19)30-37(33,34)25-16-10-22(11-17-25)29-27(32)20-6-12-24(13-7-20)31(2)38(35,36)26-14-8-21(28)9-15-26/h3-18,30H,1-2H3,(H,29,32). The molecule has 0 aliphatic carbocycles. The summed E-state index contributed by atoms with van der Waals surface area (Å²) >= 11 is 5.85. The molecular formula is C27H24ClN3O5S2. The van der Waals surface area contributed by atoms with Gasteiger partial charge in [0, 0.05) is 29.0 Å². The lowest BCUT2D eigenvalue weighted by molar-refractivity contribution is 0.102. The van der Waals surface area contributed by atoms with E-state index in [9.17, 15) is 21.6 Å². The molecule has 0 spiro atoms. The Bertz CT molecular complexity index is 1670. The van der Waals surface area contributed by atoms with E-state index in [1.807, 2.05) is 13.0 Å². The molecule has 0 aliphatic rings. The summed E-state index contributed by atoms with van der Waals surface area (Å²) in [4.78, 5) is 12.9. The van der Waals surface area contributed by atoms with E-state index in [0.29, 0.717) is 27.6 Å². The predicted molar refractivity (Wildman–Crippen MR) is 150 cm³/mol. The average Bonchev–Trinajstić information content (AvgIpc) is 2.88. The number of nitrogens with zero attached hydrogens (tertiary/aromatic N) is 1. The van der Waals surface area contributed by atoms with Crippen molar-refractivity contribution in [3.8, 4) is 0 Å². The van der Waals surface area contributed by atoms with Gasteiger partial charge in [-0.1, -0.05) is 23.7 Å². The first-order chi connectivity index (χ1) is 18.0. The minimum atomic E-state index is -3.81. The molecule has 11 heteroatoms. The molecule has 38 heavy (non-hydrogen) atoms. The van der Waals surface area contributed by atoms with E-state index in [2.05, 4.69) is 10.0 Å². The number of hydrogen-bond donors (Lipinski definition) is 2. The van der Waals surface area contributed by atoms with Gasteiger partial charge in [-0.25, -0.2) is 16.8 Å². The number of sulfonamides is 2. The summed E-state index contributed by atoms with van der Waals surface area (Å²) in [6.45, 7) is 1.87. The van der Waals surface area contributed by atoms with Crippen molar-refractivity contribution in [3.63, 3.8) is 0 Å². The second kappa shape index (κ2) is 10.9. The molecule has 0 aromatic heterocycles. The van der Waals surface area contributed by atoms with Gasteiger partial charge in [0.25, 0.3) is 26.0 Å². The van der Waals surface area contributed by atoms with Crippen molar-refractivity contribution < 1.29 is 21.6 Å². The van der Waals surface area contributed by atoms with Crippen molar-refractivity contribution in [1.29, 1.82) is 0 Å². The minimum Gasteiger partial charge on any atom is -0.322 e. The maximum atomic E-state index is 12.9. The molecule has 8 nitrogen and oxygen atoms in total. The monoisotopic (exact) mass is 569 g/mol. The Morgan fingerprint density at radius 1 is 0.763 bits per heavy atom. The first kappa shape index (κ1) is 27.2. The van der Waals surface area contributed by atoms with Gasteiger partial charge in [0.05, 0.1) is 15.5 Å². The number of nitrogens with one attached hydrogen (secondary N) is 2. The van der Waals surface area contributed by atoms with Crippen molar-refractivity contribution >= 4 is 54.6 Å². The molecule has 1 amide bonds. The second-order valence-corrected chi connectivity index (χ2v) is 12.5. The Morgan fingerprint density at radius 3 is 1.97 bits per heavy atom. The second-order valence-electron chi connectivity index (χ2n) is 8.43.